The maximum Gasteiger partial charge on any atom is 0.0637 e. The molecule has 120 valence electrons. The van der Waals surface area contributed by atoms with Crippen LogP contribution in [0.25, 0.3) is 0 Å². The summed E-state index contributed by atoms with van der Waals surface area (Å²) in [6.07, 6.45) is 0. The van der Waals surface area contributed by atoms with Crippen molar-refractivity contribution in [3.8, 4) is 0 Å². The summed E-state index contributed by atoms with van der Waals surface area (Å²) in [5.74, 6) is 0.649. The van der Waals surface area contributed by atoms with Crippen LogP contribution in [0.4, 0.5) is 5.69 Å². The highest BCUT2D eigenvalue weighted by Crippen LogP contribution is 2.26. The Morgan fingerprint density at radius 3 is 2.52 bits per heavy atom. The molecule has 1 aromatic carbocycles. The van der Waals surface area contributed by atoms with Gasteiger partial charge in [0.05, 0.1) is 6.61 Å². The number of hydrogen-bond donors (Lipinski definition) is 1. The third-order valence-electron chi connectivity index (χ3n) is 3.38. The van der Waals surface area contributed by atoms with Gasteiger partial charge in [-0.15, -0.1) is 0 Å². The molecule has 0 bridgehead atoms. The van der Waals surface area contributed by atoms with Crippen molar-refractivity contribution < 1.29 is 4.74 Å². The van der Waals surface area contributed by atoms with E-state index in [4.69, 9.17) is 16.3 Å². The second-order valence-electron chi connectivity index (χ2n) is 6.08. The van der Waals surface area contributed by atoms with Crippen molar-refractivity contribution in [2.75, 3.05) is 31.7 Å². The Morgan fingerprint density at radius 2 is 1.95 bits per heavy atom. The number of halogens is 1. The van der Waals surface area contributed by atoms with E-state index in [2.05, 4.69) is 50.0 Å². The molecule has 0 aliphatic rings. The van der Waals surface area contributed by atoms with Crippen molar-refractivity contribution in [3.63, 3.8) is 0 Å². The second-order valence-corrected chi connectivity index (χ2v) is 6.51. The lowest BCUT2D eigenvalue weighted by molar-refractivity contribution is 0.204. The van der Waals surface area contributed by atoms with Crippen molar-refractivity contribution >= 4 is 17.3 Å². The summed E-state index contributed by atoms with van der Waals surface area (Å²) in [6, 6.07) is 6.55. The van der Waals surface area contributed by atoms with Gasteiger partial charge in [-0.25, -0.2) is 0 Å². The zero-order chi connectivity index (χ0) is 15.8. The van der Waals surface area contributed by atoms with Crippen LogP contribution in [0.1, 0.15) is 33.3 Å². The standard InChI is InChI=1S/C17H29ClN2O/c1-13(2)11-19-12-15-6-7-16(18)10-17(15)20(14(3)4)8-9-21-5/h6-7,10,13-14,19H,8-9,11-12H2,1-5H3. The predicted octanol–water partition coefficient (Wildman–Crippen LogP) is 3.95. The zero-order valence-corrected chi connectivity index (χ0v) is 14.7. The van der Waals surface area contributed by atoms with Gasteiger partial charge >= 0.3 is 0 Å². The molecule has 4 heteroatoms. The van der Waals surface area contributed by atoms with Crippen LogP contribution in [0.3, 0.4) is 0 Å². The van der Waals surface area contributed by atoms with Crippen LogP contribution in [0, 0.1) is 5.92 Å². The van der Waals surface area contributed by atoms with Gasteiger partial charge in [0, 0.05) is 37.0 Å². The number of rotatable bonds is 9. The molecule has 0 radical (unpaired) electrons. The van der Waals surface area contributed by atoms with E-state index in [0.717, 1.165) is 24.7 Å². The quantitative estimate of drug-likeness (QED) is 0.747. The van der Waals surface area contributed by atoms with Crippen LogP contribution in [-0.2, 0) is 11.3 Å². The summed E-state index contributed by atoms with van der Waals surface area (Å²) in [7, 11) is 1.74. The molecule has 3 nitrogen and oxygen atoms in total. The molecular formula is C17H29ClN2O. The SMILES string of the molecule is COCCN(c1cc(Cl)ccc1CNCC(C)C)C(C)C. The Hall–Kier alpha value is -0.770. The highest BCUT2D eigenvalue weighted by atomic mass is 35.5. The molecular weight excluding hydrogens is 284 g/mol. The average Bonchev–Trinajstić information content (AvgIpc) is 2.40. The fourth-order valence-electron chi connectivity index (χ4n) is 2.30. The number of benzene rings is 1. The molecule has 1 aromatic rings. The summed E-state index contributed by atoms with van der Waals surface area (Å²) >= 11 is 6.21. The van der Waals surface area contributed by atoms with Gasteiger partial charge in [-0.1, -0.05) is 31.5 Å². The molecule has 0 aliphatic heterocycles. The topological polar surface area (TPSA) is 24.5 Å². The fourth-order valence-corrected chi connectivity index (χ4v) is 2.46. The lowest BCUT2D eigenvalue weighted by Gasteiger charge is -2.31. The predicted molar refractivity (Wildman–Crippen MR) is 92.4 cm³/mol. The fraction of sp³-hybridized carbons (Fsp3) is 0.647. The lowest BCUT2D eigenvalue weighted by Crippen LogP contribution is -2.35. The zero-order valence-electron chi connectivity index (χ0n) is 13.9. The van der Waals surface area contributed by atoms with E-state index in [-0.39, 0.29) is 0 Å². The van der Waals surface area contributed by atoms with Gasteiger partial charge < -0.3 is 15.0 Å². The Kier molecular flexibility index (Phi) is 8.09. The summed E-state index contributed by atoms with van der Waals surface area (Å²) < 4.78 is 5.24. The Balaban J connectivity index is 2.92. The van der Waals surface area contributed by atoms with Crippen LogP contribution in [0.2, 0.25) is 5.02 Å². The molecule has 0 fully saturated rings. The normalized spacial score (nSPS) is 11.4. The summed E-state index contributed by atoms with van der Waals surface area (Å²) in [4.78, 5) is 2.35. The number of nitrogens with one attached hydrogen (secondary N) is 1. The minimum atomic E-state index is 0.405. The molecule has 1 N–H and O–H groups in total. The first kappa shape index (κ1) is 18.3. The number of ether oxygens (including phenoxy) is 1. The number of methoxy groups -OCH3 is 1. The smallest absolute Gasteiger partial charge is 0.0637 e. The molecule has 0 heterocycles. The maximum absolute atomic E-state index is 6.21. The van der Waals surface area contributed by atoms with Crippen molar-refractivity contribution in [3.05, 3.63) is 28.8 Å². The van der Waals surface area contributed by atoms with Crippen LogP contribution >= 0.6 is 11.6 Å². The molecule has 1 rings (SSSR count). The monoisotopic (exact) mass is 312 g/mol. The van der Waals surface area contributed by atoms with Crippen molar-refractivity contribution in [1.29, 1.82) is 0 Å². The highest BCUT2D eigenvalue weighted by molar-refractivity contribution is 6.30. The third kappa shape index (κ3) is 6.25. The summed E-state index contributed by atoms with van der Waals surface area (Å²) in [5.41, 5.74) is 2.48. The molecule has 0 aliphatic carbocycles. The van der Waals surface area contributed by atoms with Crippen LogP contribution in [-0.4, -0.2) is 32.8 Å². The van der Waals surface area contributed by atoms with E-state index in [1.807, 2.05) is 6.07 Å². The Bertz CT molecular complexity index is 421. The molecule has 0 spiro atoms. The van der Waals surface area contributed by atoms with Gasteiger partial charge in [0.25, 0.3) is 0 Å². The van der Waals surface area contributed by atoms with E-state index in [1.165, 1.54) is 11.3 Å². The first-order chi connectivity index (χ1) is 9.95. The first-order valence-corrected chi connectivity index (χ1v) is 8.08. The molecule has 0 amide bonds. The van der Waals surface area contributed by atoms with Gasteiger partial charge in [-0.05, 0) is 44.0 Å². The molecule has 0 saturated carbocycles. The van der Waals surface area contributed by atoms with Gasteiger partial charge in [0.1, 0.15) is 0 Å². The van der Waals surface area contributed by atoms with Gasteiger partial charge in [0.15, 0.2) is 0 Å². The molecule has 21 heavy (non-hydrogen) atoms. The summed E-state index contributed by atoms with van der Waals surface area (Å²) in [6.45, 7) is 12.3. The molecule has 0 unspecified atom stereocenters. The minimum Gasteiger partial charge on any atom is -0.383 e. The molecule has 0 saturated heterocycles. The van der Waals surface area contributed by atoms with Crippen molar-refractivity contribution in [1.82, 2.24) is 5.32 Å². The highest BCUT2D eigenvalue weighted by Gasteiger charge is 2.15. The van der Waals surface area contributed by atoms with E-state index < -0.39 is 0 Å². The van der Waals surface area contributed by atoms with Crippen LogP contribution in [0.15, 0.2) is 18.2 Å². The maximum atomic E-state index is 6.21. The Morgan fingerprint density at radius 1 is 1.24 bits per heavy atom. The van der Waals surface area contributed by atoms with Crippen LogP contribution < -0.4 is 10.2 Å². The lowest BCUT2D eigenvalue weighted by atomic mass is 10.1. The molecule has 0 atom stereocenters. The first-order valence-electron chi connectivity index (χ1n) is 7.70. The number of anilines is 1. The van der Waals surface area contributed by atoms with Crippen LogP contribution in [0.5, 0.6) is 0 Å². The van der Waals surface area contributed by atoms with Gasteiger partial charge in [0.2, 0.25) is 0 Å². The molecule has 0 aromatic heterocycles. The number of nitrogens with zero attached hydrogens (tertiary/aromatic N) is 1. The third-order valence-corrected chi connectivity index (χ3v) is 3.62. The van der Waals surface area contributed by atoms with E-state index in [1.54, 1.807) is 7.11 Å². The van der Waals surface area contributed by atoms with Crippen molar-refractivity contribution in [2.45, 2.75) is 40.3 Å². The van der Waals surface area contributed by atoms with Gasteiger partial charge in [-0.3, -0.25) is 0 Å². The van der Waals surface area contributed by atoms with Gasteiger partial charge in [-0.2, -0.15) is 0 Å². The van der Waals surface area contributed by atoms with E-state index in [9.17, 15) is 0 Å². The van der Waals surface area contributed by atoms with E-state index >= 15 is 0 Å². The summed E-state index contributed by atoms with van der Waals surface area (Å²) in [5, 5.41) is 4.29. The van der Waals surface area contributed by atoms with E-state index in [0.29, 0.717) is 18.6 Å². The largest absolute Gasteiger partial charge is 0.383 e. The number of hydrogen-bond acceptors (Lipinski definition) is 3. The second kappa shape index (κ2) is 9.29. The van der Waals surface area contributed by atoms with Crippen molar-refractivity contribution in [2.24, 2.45) is 5.92 Å². The average molecular weight is 313 g/mol. The Labute approximate surface area is 134 Å². The minimum absolute atomic E-state index is 0.405.